The molecule has 0 saturated carbocycles. The zero-order chi connectivity index (χ0) is 27.6. The number of hydrogen-bond acceptors (Lipinski definition) is 7. The van der Waals surface area contributed by atoms with Crippen molar-refractivity contribution < 1.29 is 19.5 Å². The van der Waals surface area contributed by atoms with Crippen molar-refractivity contribution in [3.63, 3.8) is 0 Å². The Morgan fingerprint density at radius 3 is 2.44 bits per heavy atom. The van der Waals surface area contributed by atoms with E-state index in [-0.39, 0.29) is 37.8 Å². The van der Waals surface area contributed by atoms with E-state index in [1.807, 2.05) is 61.5 Å². The van der Waals surface area contributed by atoms with Crippen LogP contribution >= 0.6 is 0 Å². The van der Waals surface area contributed by atoms with Gasteiger partial charge in [0.2, 0.25) is 5.75 Å². The molecule has 0 fully saturated rings. The number of nitrogens with one attached hydrogen (secondary N) is 1. The van der Waals surface area contributed by atoms with Crippen LogP contribution in [0.5, 0.6) is 11.5 Å². The first-order valence-corrected chi connectivity index (χ1v) is 12.5. The fourth-order valence-electron chi connectivity index (χ4n) is 4.24. The van der Waals surface area contributed by atoms with Gasteiger partial charge in [-0.3, -0.25) is 10.1 Å². The summed E-state index contributed by atoms with van der Waals surface area (Å²) in [5.74, 6) is 0.509. The van der Waals surface area contributed by atoms with E-state index in [2.05, 4.69) is 11.4 Å². The number of aliphatic hydroxyl groups excluding tert-OH is 1. The van der Waals surface area contributed by atoms with Gasteiger partial charge < -0.3 is 19.9 Å². The minimum absolute atomic E-state index is 0.0676. The van der Waals surface area contributed by atoms with E-state index in [1.165, 1.54) is 6.07 Å². The molecule has 4 rings (SSSR count). The van der Waals surface area contributed by atoms with Crippen LogP contribution in [-0.4, -0.2) is 23.2 Å². The molecule has 8 nitrogen and oxygen atoms in total. The van der Waals surface area contributed by atoms with Crippen LogP contribution in [0, 0.1) is 28.4 Å². The molecule has 0 amide bonds. The third-order valence-electron chi connectivity index (χ3n) is 6.31. The minimum Gasteiger partial charge on any atom is -0.488 e. The van der Waals surface area contributed by atoms with Crippen LogP contribution in [-0.2, 0) is 19.8 Å². The lowest BCUT2D eigenvalue weighted by atomic mass is 9.97. The fourth-order valence-corrected chi connectivity index (χ4v) is 4.24. The topological polar surface area (TPSA) is 118 Å². The van der Waals surface area contributed by atoms with Crippen LogP contribution in [0.1, 0.15) is 27.8 Å². The zero-order valence-electron chi connectivity index (χ0n) is 21.6. The fraction of sp³-hybridized carbons (Fsp3) is 0.194. The highest BCUT2D eigenvalue weighted by Gasteiger charge is 2.21. The van der Waals surface area contributed by atoms with Crippen LogP contribution in [0.15, 0.2) is 84.9 Å². The Morgan fingerprint density at radius 1 is 0.923 bits per heavy atom. The number of aliphatic hydroxyl groups is 1. The largest absolute Gasteiger partial charge is 0.488 e. The molecule has 4 aromatic carbocycles. The van der Waals surface area contributed by atoms with Crippen molar-refractivity contribution in [2.75, 3.05) is 13.2 Å². The van der Waals surface area contributed by atoms with Crippen LogP contribution in [0.4, 0.5) is 5.69 Å². The molecule has 0 heterocycles. The molecule has 0 spiro atoms. The second-order valence-corrected chi connectivity index (χ2v) is 8.93. The van der Waals surface area contributed by atoms with E-state index in [0.717, 1.165) is 27.8 Å². The van der Waals surface area contributed by atoms with Gasteiger partial charge in [-0.15, -0.1) is 0 Å². The van der Waals surface area contributed by atoms with Crippen LogP contribution in [0.3, 0.4) is 0 Å². The molecular weight excluding hydrogens is 494 g/mol. The number of hydrogen-bond donors (Lipinski definition) is 2. The van der Waals surface area contributed by atoms with Crippen molar-refractivity contribution in [1.29, 1.82) is 5.26 Å². The van der Waals surface area contributed by atoms with Gasteiger partial charge in [-0.05, 0) is 46.9 Å². The minimum atomic E-state index is -0.474. The molecule has 0 unspecified atom stereocenters. The van der Waals surface area contributed by atoms with Crippen LogP contribution < -0.4 is 14.8 Å². The molecule has 0 atom stereocenters. The molecule has 8 heteroatoms. The molecule has 4 aromatic rings. The van der Waals surface area contributed by atoms with Crippen molar-refractivity contribution in [1.82, 2.24) is 5.32 Å². The maximum absolute atomic E-state index is 12.0. The Morgan fingerprint density at radius 2 is 1.69 bits per heavy atom. The van der Waals surface area contributed by atoms with Crippen molar-refractivity contribution in [2.24, 2.45) is 0 Å². The summed E-state index contributed by atoms with van der Waals surface area (Å²) in [6, 6.07) is 28.1. The van der Waals surface area contributed by atoms with Crippen LogP contribution in [0.25, 0.3) is 11.1 Å². The summed E-state index contributed by atoms with van der Waals surface area (Å²) in [6.07, 6.45) is 0. The van der Waals surface area contributed by atoms with Crippen molar-refractivity contribution in [3.8, 4) is 28.7 Å². The number of nitro groups is 1. The zero-order valence-corrected chi connectivity index (χ0v) is 21.6. The molecule has 0 bridgehead atoms. The summed E-state index contributed by atoms with van der Waals surface area (Å²) in [5, 5.41) is 33.4. The van der Waals surface area contributed by atoms with Gasteiger partial charge in [0.1, 0.15) is 19.0 Å². The van der Waals surface area contributed by atoms with E-state index in [9.17, 15) is 15.4 Å². The average molecular weight is 524 g/mol. The maximum Gasteiger partial charge on any atom is 0.311 e. The SMILES string of the molecule is Cc1c(COc2cc(OCc3cccc(C#N)c3)c(CNCCO)cc2[N+](=O)[O-])cccc1-c1ccccc1. The molecule has 0 radical (unpaired) electrons. The normalized spacial score (nSPS) is 10.6. The Kier molecular flexibility index (Phi) is 9.25. The number of nitriles is 1. The Hall–Kier alpha value is -4.71. The lowest BCUT2D eigenvalue weighted by Crippen LogP contribution is -2.18. The van der Waals surface area contributed by atoms with Gasteiger partial charge in [0, 0.05) is 30.8 Å². The van der Waals surface area contributed by atoms with Gasteiger partial charge in [0.05, 0.1) is 23.2 Å². The third-order valence-corrected chi connectivity index (χ3v) is 6.31. The molecule has 0 aromatic heterocycles. The smallest absolute Gasteiger partial charge is 0.311 e. The van der Waals surface area contributed by atoms with Crippen molar-refractivity contribution in [3.05, 3.63) is 123 Å². The highest BCUT2D eigenvalue weighted by molar-refractivity contribution is 5.68. The van der Waals surface area contributed by atoms with E-state index >= 15 is 0 Å². The van der Waals surface area contributed by atoms with Gasteiger partial charge in [-0.25, -0.2) is 0 Å². The Balaban J connectivity index is 1.62. The monoisotopic (exact) mass is 523 g/mol. The first-order chi connectivity index (χ1) is 19.0. The first-order valence-electron chi connectivity index (χ1n) is 12.5. The molecule has 2 N–H and O–H groups in total. The lowest BCUT2D eigenvalue weighted by Gasteiger charge is -2.16. The maximum atomic E-state index is 12.0. The molecule has 0 aliphatic rings. The average Bonchev–Trinajstić information content (AvgIpc) is 2.96. The molecule has 0 aliphatic heterocycles. The summed E-state index contributed by atoms with van der Waals surface area (Å²) >= 11 is 0. The van der Waals surface area contributed by atoms with Crippen LogP contribution in [0.2, 0.25) is 0 Å². The van der Waals surface area contributed by atoms with E-state index in [0.29, 0.717) is 23.4 Å². The highest BCUT2D eigenvalue weighted by Crippen LogP contribution is 2.36. The molecule has 198 valence electrons. The standard InChI is InChI=1S/C31H29N3O5/c1-22-26(11-6-12-28(22)25-9-3-2-4-10-25)21-39-31-17-30(38-20-24-8-5-7-23(15-24)18-32)27(19-33-13-14-35)16-29(31)34(36)37/h2-12,15-17,33,35H,13-14,19-21H2,1H3. The van der Waals surface area contributed by atoms with Crippen molar-refractivity contribution in [2.45, 2.75) is 26.7 Å². The number of ether oxygens (including phenoxy) is 2. The lowest BCUT2D eigenvalue weighted by molar-refractivity contribution is -0.386. The van der Waals surface area contributed by atoms with Gasteiger partial charge in [-0.2, -0.15) is 5.26 Å². The second kappa shape index (κ2) is 13.2. The summed E-state index contributed by atoms with van der Waals surface area (Å²) < 4.78 is 12.1. The van der Waals surface area contributed by atoms with Gasteiger partial charge in [-0.1, -0.05) is 60.7 Å². The van der Waals surface area contributed by atoms with E-state index < -0.39 is 4.92 Å². The molecule has 0 aliphatic carbocycles. The van der Waals surface area contributed by atoms with E-state index in [1.54, 1.807) is 24.3 Å². The first kappa shape index (κ1) is 27.3. The summed E-state index contributed by atoms with van der Waals surface area (Å²) in [7, 11) is 0. The summed E-state index contributed by atoms with van der Waals surface area (Å²) in [4.78, 5) is 11.5. The number of nitro benzene ring substituents is 1. The summed E-state index contributed by atoms with van der Waals surface area (Å²) in [5.41, 5.74) is 5.78. The quantitative estimate of drug-likeness (QED) is 0.139. The number of rotatable bonds is 12. The Bertz CT molecular complexity index is 1480. The molecule has 39 heavy (non-hydrogen) atoms. The summed E-state index contributed by atoms with van der Waals surface area (Å²) in [6.45, 7) is 2.83. The predicted molar refractivity (Wildman–Crippen MR) is 148 cm³/mol. The predicted octanol–water partition coefficient (Wildman–Crippen LogP) is 5.68. The van der Waals surface area contributed by atoms with Gasteiger partial charge in [0.25, 0.3) is 0 Å². The highest BCUT2D eigenvalue weighted by atomic mass is 16.6. The van der Waals surface area contributed by atoms with Gasteiger partial charge >= 0.3 is 5.69 Å². The molecular formula is C31H29N3O5. The Labute approximate surface area is 227 Å². The third kappa shape index (κ3) is 6.99. The second-order valence-electron chi connectivity index (χ2n) is 8.93. The number of nitrogens with zero attached hydrogens (tertiary/aromatic N) is 2. The van der Waals surface area contributed by atoms with Gasteiger partial charge in [0.15, 0.2) is 0 Å². The van der Waals surface area contributed by atoms with E-state index in [4.69, 9.17) is 14.6 Å². The number of benzene rings is 4. The molecule has 0 saturated heterocycles. The van der Waals surface area contributed by atoms with Crippen molar-refractivity contribution >= 4 is 5.69 Å².